The van der Waals surface area contributed by atoms with Crippen LogP contribution in [-0.4, -0.2) is 78.6 Å². The van der Waals surface area contributed by atoms with Crippen LogP contribution >= 0.6 is 0 Å². The molecule has 1 aliphatic carbocycles. The molecule has 2 fully saturated rings. The summed E-state index contributed by atoms with van der Waals surface area (Å²) in [5.41, 5.74) is 2.28. The summed E-state index contributed by atoms with van der Waals surface area (Å²) in [5.74, 6) is 0.0159. The molecule has 1 unspecified atom stereocenters. The van der Waals surface area contributed by atoms with Crippen molar-refractivity contribution in [3.05, 3.63) is 23.4 Å². The van der Waals surface area contributed by atoms with Gasteiger partial charge in [-0.2, -0.15) is 0 Å². The van der Waals surface area contributed by atoms with E-state index in [0.29, 0.717) is 32.2 Å². The maximum Gasteiger partial charge on any atom is 0.407 e. The number of nitrogens with one attached hydrogen (secondary N) is 2. The molecule has 1 atom stereocenters. The zero-order chi connectivity index (χ0) is 24.0. The molecule has 3 N–H and O–H groups in total. The highest BCUT2D eigenvalue weighted by Crippen LogP contribution is 2.28. The van der Waals surface area contributed by atoms with Gasteiger partial charge in [-0.3, -0.25) is 0 Å². The summed E-state index contributed by atoms with van der Waals surface area (Å²) in [6, 6.07) is 3.92. The molecule has 2 aliphatic heterocycles. The second-order valence-corrected chi connectivity index (χ2v) is 10.3. The average Bonchev–Trinajstić information content (AvgIpc) is 3.65. The number of amides is 1. The van der Waals surface area contributed by atoms with Crippen molar-refractivity contribution in [2.45, 2.75) is 70.4 Å². The van der Waals surface area contributed by atoms with Gasteiger partial charge in [-0.15, -0.1) is 0 Å². The van der Waals surface area contributed by atoms with Crippen molar-refractivity contribution in [3.8, 4) is 0 Å². The number of aryl methyl sites for hydroxylation is 2. The van der Waals surface area contributed by atoms with Gasteiger partial charge >= 0.3 is 12.1 Å². The Labute approximate surface area is 201 Å². The summed E-state index contributed by atoms with van der Waals surface area (Å²) >= 11 is 0. The first-order valence-electron chi connectivity index (χ1n) is 12.6. The van der Waals surface area contributed by atoms with Crippen LogP contribution in [0.5, 0.6) is 0 Å². The monoisotopic (exact) mass is 474 g/mol. The molecule has 34 heavy (non-hydrogen) atoms. The number of hydrogen-bond acceptors (Lipinski definition) is 7. The maximum absolute atomic E-state index is 12.1. The molecule has 0 aromatic carbocycles. The molecule has 1 amide bonds. The van der Waals surface area contributed by atoms with E-state index in [-0.39, 0.29) is 12.0 Å². The van der Waals surface area contributed by atoms with Crippen molar-refractivity contribution >= 4 is 17.9 Å². The van der Waals surface area contributed by atoms with Gasteiger partial charge in [0.15, 0.2) is 0 Å². The molecular formula is C25H38N4O5. The highest BCUT2D eigenvalue weighted by molar-refractivity contribution is 5.79. The Morgan fingerprint density at radius 1 is 1.32 bits per heavy atom. The Bertz CT molecular complexity index is 856. The van der Waals surface area contributed by atoms with Gasteiger partial charge in [0.1, 0.15) is 18.5 Å². The second-order valence-electron chi connectivity index (χ2n) is 10.3. The van der Waals surface area contributed by atoms with Crippen molar-refractivity contribution in [2.75, 3.05) is 44.8 Å². The molecule has 1 aromatic heterocycles. The average molecular weight is 475 g/mol. The van der Waals surface area contributed by atoms with Crippen LogP contribution < -0.4 is 10.6 Å². The number of rotatable bonds is 13. The van der Waals surface area contributed by atoms with E-state index in [0.717, 1.165) is 63.1 Å². The lowest BCUT2D eigenvalue weighted by atomic mass is 9.90. The van der Waals surface area contributed by atoms with Gasteiger partial charge in [-0.1, -0.05) is 13.0 Å². The Kier molecular flexibility index (Phi) is 8.26. The summed E-state index contributed by atoms with van der Waals surface area (Å²) in [7, 11) is 0. The van der Waals surface area contributed by atoms with E-state index in [2.05, 4.69) is 27.7 Å². The van der Waals surface area contributed by atoms with Crippen LogP contribution in [0, 0.1) is 5.41 Å². The number of hydrogen-bond donors (Lipinski definition) is 3. The molecule has 4 rings (SSSR count). The predicted octanol–water partition coefficient (Wildman–Crippen LogP) is 2.83. The number of carbonyl (C=O) groups excluding carboxylic acids is 1. The Hall–Kier alpha value is -2.39. The number of anilines is 1. The van der Waals surface area contributed by atoms with E-state index < -0.39 is 18.1 Å². The van der Waals surface area contributed by atoms with Gasteiger partial charge in [-0.25, -0.2) is 14.6 Å². The van der Waals surface area contributed by atoms with Crippen LogP contribution in [0.3, 0.4) is 0 Å². The van der Waals surface area contributed by atoms with E-state index in [1.807, 2.05) is 6.92 Å². The van der Waals surface area contributed by atoms with Gasteiger partial charge in [0, 0.05) is 30.2 Å². The summed E-state index contributed by atoms with van der Waals surface area (Å²) in [6.07, 6.45) is 7.30. The van der Waals surface area contributed by atoms with Crippen LogP contribution in [0.2, 0.25) is 0 Å². The van der Waals surface area contributed by atoms with E-state index >= 15 is 0 Å². The third kappa shape index (κ3) is 7.06. The summed E-state index contributed by atoms with van der Waals surface area (Å²) < 4.78 is 10.4. The number of aliphatic carboxylic acids is 1. The van der Waals surface area contributed by atoms with Crippen LogP contribution in [0.15, 0.2) is 12.1 Å². The van der Waals surface area contributed by atoms with Crippen molar-refractivity contribution < 1.29 is 24.2 Å². The van der Waals surface area contributed by atoms with Crippen molar-refractivity contribution in [2.24, 2.45) is 5.41 Å². The summed E-state index contributed by atoms with van der Waals surface area (Å²) in [6.45, 7) is 5.89. The zero-order valence-electron chi connectivity index (χ0n) is 20.2. The molecule has 1 aromatic rings. The number of ether oxygens (including phenoxy) is 2. The molecule has 9 heteroatoms. The van der Waals surface area contributed by atoms with Crippen molar-refractivity contribution in [3.63, 3.8) is 0 Å². The SMILES string of the molecule is CC1(COC(=O)NC(CCN(CCCCc2ccc3c(n2)NCCC3)C2CC2)C(=O)O)COC1. The Morgan fingerprint density at radius 3 is 2.85 bits per heavy atom. The smallest absolute Gasteiger partial charge is 0.407 e. The molecule has 0 bridgehead atoms. The lowest BCUT2D eigenvalue weighted by molar-refractivity contribution is -0.140. The van der Waals surface area contributed by atoms with Crippen LogP contribution in [-0.2, 0) is 27.1 Å². The fourth-order valence-corrected chi connectivity index (χ4v) is 4.56. The minimum Gasteiger partial charge on any atom is -0.480 e. The van der Waals surface area contributed by atoms with Crippen molar-refractivity contribution in [1.82, 2.24) is 15.2 Å². The molecule has 9 nitrogen and oxygen atoms in total. The molecule has 1 saturated carbocycles. The first-order chi connectivity index (χ1) is 16.4. The first kappa shape index (κ1) is 24.7. The molecule has 3 heterocycles. The number of carbonyl (C=O) groups is 2. The number of fused-ring (bicyclic) bond motifs is 1. The molecule has 3 aliphatic rings. The van der Waals surface area contributed by atoms with Gasteiger partial charge in [0.2, 0.25) is 0 Å². The first-order valence-corrected chi connectivity index (χ1v) is 12.6. The largest absolute Gasteiger partial charge is 0.480 e. The Balaban J connectivity index is 1.17. The second kappa shape index (κ2) is 11.4. The van der Waals surface area contributed by atoms with E-state index in [9.17, 15) is 14.7 Å². The quantitative estimate of drug-likeness (QED) is 0.374. The fourth-order valence-electron chi connectivity index (χ4n) is 4.56. The van der Waals surface area contributed by atoms with Crippen LogP contribution in [0.4, 0.5) is 10.6 Å². The lowest BCUT2D eigenvalue weighted by Crippen LogP contribution is -2.47. The predicted molar refractivity (Wildman–Crippen MR) is 128 cm³/mol. The van der Waals surface area contributed by atoms with E-state index in [1.54, 1.807) is 0 Å². The number of pyridine rings is 1. The number of aromatic nitrogens is 1. The lowest BCUT2D eigenvalue weighted by Gasteiger charge is -2.37. The van der Waals surface area contributed by atoms with Crippen LogP contribution in [0.1, 0.15) is 56.7 Å². The van der Waals surface area contributed by atoms with Gasteiger partial charge < -0.3 is 30.1 Å². The molecule has 188 valence electrons. The highest BCUT2D eigenvalue weighted by Gasteiger charge is 2.35. The van der Waals surface area contributed by atoms with E-state index in [4.69, 9.17) is 14.5 Å². The third-order valence-corrected chi connectivity index (χ3v) is 6.89. The number of carboxylic acids is 1. The Morgan fingerprint density at radius 2 is 2.15 bits per heavy atom. The zero-order valence-corrected chi connectivity index (χ0v) is 20.2. The molecule has 0 spiro atoms. The molecule has 0 radical (unpaired) electrons. The van der Waals surface area contributed by atoms with Crippen molar-refractivity contribution in [1.29, 1.82) is 0 Å². The van der Waals surface area contributed by atoms with Gasteiger partial charge in [0.25, 0.3) is 0 Å². The number of unbranched alkanes of at least 4 members (excludes halogenated alkanes) is 1. The third-order valence-electron chi connectivity index (χ3n) is 6.89. The number of nitrogens with zero attached hydrogens (tertiary/aromatic N) is 2. The highest BCUT2D eigenvalue weighted by atomic mass is 16.6. The van der Waals surface area contributed by atoms with Gasteiger partial charge in [-0.05, 0) is 69.5 Å². The summed E-state index contributed by atoms with van der Waals surface area (Å²) in [4.78, 5) is 31.0. The summed E-state index contributed by atoms with van der Waals surface area (Å²) in [5, 5.41) is 15.5. The van der Waals surface area contributed by atoms with Gasteiger partial charge in [0.05, 0.1) is 13.2 Å². The van der Waals surface area contributed by atoms with Crippen LogP contribution in [0.25, 0.3) is 0 Å². The minimum absolute atomic E-state index is 0.163. The topological polar surface area (TPSA) is 113 Å². The molecular weight excluding hydrogens is 436 g/mol. The fraction of sp³-hybridized carbons (Fsp3) is 0.720. The minimum atomic E-state index is -1.03. The maximum atomic E-state index is 12.1. The van der Waals surface area contributed by atoms with E-state index in [1.165, 1.54) is 12.0 Å². The number of alkyl carbamates (subject to hydrolysis) is 1. The standard InChI is InChI=1S/C25H38N4O5/c1-25(15-33-16-25)17-34-24(32)28-21(23(30)31)11-14-29(20-9-10-20)13-3-2-6-19-8-7-18-5-4-12-26-22(18)27-19/h7-8,20-21H,2-6,9-17H2,1H3,(H,26,27)(H,28,32)(H,30,31). The molecule has 1 saturated heterocycles. The number of carboxylic acid groups (broad SMARTS) is 1. The normalized spacial score (nSPS) is 19.5.